The van der Waals surface area contributed by atoms with E-state index in [0.717, 1.165) is 12.3 Å². The molecule has 0 unspecified atom stereocenters. The Hall–Kier alpha value is -2.89. The Morgan fingerprint density at radius 3 is 2.54 bits per heavy atom. The van der Waals surface area contributed by atoms with Gasteiger partial charge in [-0.05, 0) is 24.3 Å². The fraction of sp³-hybridized carbons (Fsp3) is 0.286. The summed E-state index contributed by atoms with van der Waals surface area (Å²) in [7, 11) is 0. The van der Waals surface area contributed by atoms with Crippen molar-refractivity contribution in [2.75, 3.05) is 0 Å². The van der Waals surface area contributed by atoms with Crippen molar-refractivity contribution in [3.63, 3.8) is 0 Å². The summed E-state index contributed by atoms with van der Waals surface area (Å²) in [6.45, 7) is 0.516. The van der Waals surface area contributed by atoms with Gasteiger partial charge in [0.15, 0.2) is 11.5 Å². The minimum atomic E-state index is -5.80. The molecule has 3 rings (SSSR count). The van der Waals surface area contributed by atoms with E-state index in [1.54, 1.807) is 18.3 Å². The molecule has 0 amide bonds. The number of pyridine rings is 1. The number of hydrogen-bond donors (Lipinski definition) is 1. The normalized spacial score (nSPS) is 12.5. The largest absolute Gasteiger partial charge is 0.499 e. The van der Waals surface area contributed by atoms with Gasteiger partial charge in [-0.3, -0.25) is 4.98 Å². The third-order valence-corrected chi connectivity index (χ3v) is 3.21. The molecular weight excluding hydrogens is 363 g/mol. The van der Waals surface area contributed by atoms with Crippen LogP contribution in [0.4, 0.5) is 22.0 Å². The lowest BCUT2D eigenvalue weighted by Gasteiger charge is -2.19. The van der Waals surface area contributed by atoms with Crippen LogP contribution in [0, 0.1) is 0 Å². The number of aromatic nitrogens is 5. The molecule has 26 heavy (non-hydrogen) atoms. The van der Waals surface area contributed by atoms with E-state index < -0.39 is 18.0 Å². The molecule has 138 valence electrons. The van der Waals surface area contributed by atoms with Crippen LogP contribution < -0.4 is 10.1 Å². The zero-order chi connectivity index (χ0) is 18.8. The summed E-state index contributed by atoms with van der Waals surface area (Å²) in [5.74, 6) is -0.144. The van der Waals surface area contributed by atoms with E-state index in [2.05, 4.69) is 30.3 Å². The summed E-state index contributed by atoms with van der Waals surface area (Å²) in [6, 6.07) is 5.71. The molecule has 3 heterocycles. The maximum absolute atomic E-state index is 12.8. The van der Waals surface area contributed by atoms with E-state index in [9.17, 15) is 22.0 Å². The monoisotopic (exact) mass is 374 g/mol. The van der Waals surface area contributed by atoms with Crippen LogP contribution >= 0.6 is 0 Å². The van der Waals surface area contributed by atoms with E-state index in [0.29, 0.717) is 23.7 Å². The van der Waals surface area contributed by atoms with Gasteiger partial charge >= 0.3 is 12.3 Å². The first-order chi connectivity index (χ1) is 12.3. The Labute approximate surface area is 142 Å². The first-order valence-corrected chi connectivity index (χ1v) is 7.21. The van der Waals surface area contributed by atoms with Gasteiger partial charge in [-0.25, -0.2) is 0 Å². The third-order valence-electron chi connectivity index (χ3n) is 3.21. The quantitative estimate of drug-likeness (QED) is 0.668. The third kappa shape index (κ3) is 3.85. The van der Waals surface area contributed by atoms with E-state index in [1.165, 1.54) is 10.6 Å². The number of fused-ring (bicyclic) bond motifs is 1. The van der Waals surface area contributed by atoms with Crippen LogP contribution in [0.3, 0.4) is 0 Å². The molecule has 0 saturated heterocycles. The fourth-order valence-corrected chi connectivity index (χ4v) is 1.98. The zero-order valence-electron chi connectivity index (χ0n) is 12.9. The Bertz CT molecular complexity index is 879. The van der Waals surface area contributed by atoms with Crippen molar-refractivity contribution in [2.45, 2.75) is 25.4 Å². The highest BCUT2D eigenvalue weighted by Gasteiger charge is 2.61. The van der Waals surface area contributed by atoms with Gasteiger partial charge in [0.2, 0.25) is 0 Å². The van der Waals surface area contributed by atoms with Gasteiger partial charge in [-0.2, -0.15) is 31.6 Å². The number of nitrogens with zero attached hydrogens (tertiary/aromatic N) is 5. The Balaban J connectivity index is 1.56. The first kappa shape index (κ1) is 17.9. The molecule has 3 aromatic rings. The van der Waals surface area contributed by atoms with Gasteiger partial charge < -0.3 is 10.1 Å². The van der Waals surface area contributed by atoms with Crippen molar-refractivity contribution in [2.24, 2.45) is 0 Å². The molecular formula is C14H11F5N6O. The molecule has 1 N–H and O–H groups in total. The minimum absolute atomic E-state index is 0.220. The van der Waals surface area contributed by atoms with Crippen molar-refractivity contribution in [3.05, 3.63) is 48.2 Å². The Kier molecular flexibility index (Phi) is 4.68. The van der Waals surface area contributed by atoms with Crippen molar-refractivity contribution < 1.29 is 26.7 Å². The first-order valence-electron chi connectivity index (χ1n) is 7.21. The maximum Gasteiger partial charge on any atom is 0.499 e. The molecule has 0 fully saturated rings. The minimum Gasteiger partial charge on any atom is -0.424 e. The van der Waals surface area contributed by atoms with Crippen molar-refractivity contribution in [1.82, 2.24) is 30.1 Å². The second-order valence-corrected chi connectivity index (χ2v) is 5.12. The average molecular weight is 374 g/mol. The zero-order valence-corrected chi connectivity index (χ0v) is 12.9. The fourth-order valence-electron chi connectivity index (χ4n) is 1.98. The van der Waals surface area contributed by atoms with Gasteiger partial charge in [-0.15, -0.1) is 10.2 Å². The number of nitrogens with one attached hydrogen (secondary N) is 1. The summed E-state index contributed by atoms with van der Waals surface area (Å²) in [4.78, 5) is 3.78. The predicted molar refractivity (Wildman–Crippen MR) is 77.2 cm³/mol. The Morgan fingerprint density at radius 1 is 1.04 bits per heavy atom. The number of halogens is 5. The lowest BCUT2D eigenvalue weighted by Crippen LogP contribution is -2.41. The smallest absolute Gasteiger partial charge is 0.424 e. The van der Waals surface area contributed by atoms with Gasteiger partial charge in [0.1, 0.15) is 5.75 Å². The highest BCUT2D eigenvalue weighted by atomic mass is 19.4. The van der Waals surface area contributed by atoms with Crippen LogP contribution in [0.5, 0.6) is 5.75 Å². The molecule has 0 aliphatic carbocycles. The van der Waals surface area contributed by atoms with Gasteiger partial charge in [0.25, 0.3) is 0 Å². The van der Waals surface area contributed by atoms with Gasteiger partial charge in [0.05, 0.1) is 18.4 Å². The molecule has 12 heteroatoms. The molecule has 0 radical (unpaired) electrons. The SMILES string of the molecule is FC(F)(F)C(F)(F)Oc1ccc(CNCc2nnc3cccnn23)nc1. The molecule has 0 saturated carbocycles. The maximum atomic E-state index is 12.8. The van der Waals surface area contributed by atoms with E-state index in [1.807, 2.05) is 0 Å². The van der Waals surface area contributed by atoms with Crippen LogP contribution in [0.15, 0.2) is 36.7 Å². The molecule has 7 nitrogen and oxygen atoms in total. The summed E-state index contributed by atoms with van der Waals surface area (Å²) in [6.07, 6.45) is -8.71. The van der Waals surface area contributed by atoms with Crippen LogP contribution in [0.2, 0.25) is 0 Å². The molecule has 0 aromatic carbocycles. The molecule has 0 spiro atoms. The summed E-state index contributed by atoms with van der Waals surface area (Å²) in [5, 5.41) is 15.0. The summed E-state index contributed by atoms with van der Waals surface area (Å²) in [5.41, 5.74) is 0.990. The summed E-state index contributed by atoms with van der Waals surface area (Å²) >= 11 is 0. The van der Waals surface area contributed by atoms with Gasteiger partial charge in [0, 0.05) is 12.7 Å². The molecule has 0 bridgehead atoms. The highest BCUT2D eigenvalue weighted by molar-refractivity contribution is 5.34. The van der Waals surface area contributed by atoms with Crippen molar-refractivity contribution in [1.29, 1.82) is 0 Å². The lowest BCUT2D eigenvalue weighted by molar-refractivity contribution is -0.360. The Morgan fingerprint density at radius 2 is 1.85 bits per heavy atom. The van der Waals surface area contributed by atoms with Crippen LogP contribution in [0.25, 0.3) is 5.65 Å². The van der Waals surface area contributed by atoms with Crippen molar-refractivity contribution >= 4 is 5.65 Å². The van der Waals surface area contributed by atoms with Crippen LogP contribution in [0.1, 0.15) is 11.5 Å². The second kappa shape index (κ2) is 6.78. The van der Waals surface area contributed by atoms with Crippen LogP contribution in [-0.2, 0) is 13.1 Å². The second-order valence-electron chi connectivity index (χ2n) is 5.12. The van der Waals surface area contributed by atoms with E-state index in [-0.39, 0.29) is 6.54 Å². The molecule has 0 aliphatic rings. The lowest BCUT2D eigenvalue weighted by atomic mass is 10.3. The average Bonchev–Trinajstić information content (AvgIpc) is 2.99. The molecule has 0 atom stereocenters. The van der Waals surface area contributed by atoms with E-state index >= 15 is 0 Å². The topological polar surface area (TPSA) is 77.2 Å². The highest BCUT2D eigenvalue weighted by Crippen LogP contribution is 2.36. The number of ether oxygens (including phenoxy) is 1. The van der Waals surface area contributed by atoms with Gasteiger partial charge in [-0.1, -0.05) is 0 Å². The summed E-state index contributed by atoms with van der Waals surface area (Å²) < 4.78 is 67.1. The number of alkyl halides is 5. The molecule has 0 aliphatic heterocycles. The molecule has 3 aromatic heterocycles. The van der Waals surface area contributed by atoms with E-state index in [4.69, 9.17) is 0 Å². The number of hydrogen-bond acceptors (Lipinski definition) is 6. The standard InChI is InChI=1S/C14H11F5N6O/c15-13(16,17)14(18,19)26-10-4-3-9(21-7-10)6-20-8-12-24-23-11-2-1-5-22-25(11)12/h1-5,7,20H,6,8H2. The van der Waals surface area contributed by atoms with Crippen molar-refractivity contribution in [3.8, 4) is 5.75 Å². The predicted octanol–water partition coefficient (Wildman–Crippen LogP) is 2.34. The number of rotatable bonds is 6. The van der Waals surface area contributed by atoms with Crippen LogP contribution in [-0.4, -0.2) is 37.1 Å².